The summed E-state index contributed by atoms with van der Waals surface area (Å²) in [6.07, 6.45) is 8.36. The third kappa shape index (κ3) is 1.06. The van der Waals surface area contributed by atoms with E-state index in [0.29, 0.717) is 0 Å². The smallest absolute Gasteiger partial charge is 0.0853 e. The number of nitriles is 1. The Kier molecular flexibility index (Phi) is 1.70. The second-order valence-corrected chi connectivity index (χ2v) is 3.44. The minimum absolute atomic E-state index is 0.249. The first-order valence-corrected chi connectivity index (χ1v) is 4.39. The molecule has 0 unspecified atom stereocenters. The van der Waals surface area contributed by atoms with Crippen LogP contribution in [0.5, 0.6) is 0 Å². The molecule has 0 atom stereocenters. The van der Waals surface area contributed by atoms with E-state index in [1.165, 1.54) is 0 Å². The van der Waals surface area contributed by atoms with Gasteiger partial charge in [-0.15, -0.1) is 0 Å². The van der Waals surface area contributed by atoms with Crippen molar-refractivity contribution in [2.45, 2.75) is 24.7 Å². The van der Waals surface area contributed by atoms with Gasteiger partial charge in [-0.1, -0.05) is 6.58 Å². The van der Waals surface area contributed by atoms with E-state index in [2.05, 4.69) is 17.7 Å². The zero-order valence-corrected chi connectivity index (χ0v) is 7.40. The molecule has 0 spiro atoms. The van der Waals surface area contributed by atoms with Gasteiger partial charge in [0.05, 0.1) is 17.7 Å². The molecule has 13 heavy (non-hydrogen) atoms. The van der Waals surface area contributed by atoms with E-state index in [1.54, 1.807) is 17.1 Å². The first-order valence-electron chi connectivity index (χ1n) is 4.39. The van der Waals surface area contributed by atoms with Gasteiger partial charge in [-0.25, -0.2) is 4.68 Å². The van der Waals surface area contributed by atoms with Crippen molar-refractivity contribution in [1.29, 1.82) is 5.26 Å². The van der Waals surface area contributed by atoms with Gasteiger partial charge in [-0.05, 0) is 19.3 Å². The molecule has 0 bridgehead atoms. The molecule has 1 aliphatic carbocycles. The lowest BCUT2D eigenvalue weighted by molar-refractivity contribution is 0.324. The summed E-state index contributed by atoms with van der Waals surface area (Å²) >= 11 is 0. The van der Waals surface area contributed by atoms with Gasteiger partial charge < -0.3 is 0 Å². The van der Waals surface area contributed by atoms with Crippen LogP contribution in [0.2, 0.25) is 0 Å². The predicted octanol–water partition coefficient (Wildman–Crippen LogP) is 1.93. The van der Waals surface area contributed by atoms with Crippen LogP contribution in [0, 0.1) is 11.3 Å². The zero-order chi connectivity index (χ0) is 9.31. The van der Waals surface area contributed by atoms with Gasteiger partial charge in [0.2, 0.25) is 0 Å². The summed E-state index contributed by atoms with van der Waals surface area (Å²) < 4.78 is 1.65. The van der Waals surface area contributed by atoms with Crippen LogP contribution in [0.3, 0.4) is 0 Å². The van der Waals surface area contributed by atoms with Gasteiger partial charge in [-0.3, -0.25) is 0 Å². The Morgan fingerprint density at radius 3 is 2.85 bits per heavy atom. The predicted molar refractivity (Wildman–Crippen MR) is 49.8 cm³/mol. The van der Waals surface area contributed by atoms with Crippen molar-refractivity contribution in [3.05, 3.63) is 24.5 Å². The fourth-order valence-corrected chi connectivity index (χ4v) is 1.68. The van der Waals surface area contributed by atoms with Gasteiger partial charge in [-0.2, -0.15) is 10.4 Å². The van der Waals surface area contributed by atoms with Crippen molar-refractivity contribution >= 4 is 6.20 Å². The lowest BCUT2D eigenvalue weighted by Gasteiger charge is -2.34. The third-order valence-corrected chi connectivity index (χ3v) is 2.76. The normalized spacial score (nSPS) is 18.7. The van der Waals surface area contributed by atoms with Crippen LogP contribution in [0.4, 0.5) is 0 Å². The van der Waals surface area contributed by atoms with Crippen LogP contribution in [-0.4, -0.2) is 9.78 Å². The summed E-state index contributed by atoms with van der Waals surface area (Å²) in [5.74, 6) is 0. The van der Waals surface area contributed by atoms with Crippen LogP contribution < -0.4 is 0 Å². The Balaban J connectivity index is 2.34. The number of aromatic nitrogens is 2. The molecule has 2 rings (SSSR count). The molecule has 0 saturated heterocycles. The van der Waals surface area contributed by atoms with Crippen molar-refractivity contribution in [2.75, 3.05) is 0 Å². The highest BCUT2D eigenvalue weighted by atomic mass is 15.2. The highest BCUT2D eigenvalue weighted by Gasteiger charge is 2.39. The number of nitrogens with zero attached hydrogens (tertiary/aromatic N) is 3. The molecule has 3 heteroatoms. The summed E-state index contributed by atoms with van der Waals surface area (Å²) in [5.41, 5.74) is 0.780. The topological polar surface area (TPSA) is 41.6 Å². The largest absolute Gasteiger partial charge is 0.249 e. The lowest BCUT2D eigenvalue weighted by Crippen LogP contribution is -2.31. The second kappa shape index (κ2) is 2.74. The second-order valence-electron chi connectivity index (χ2n) is 3.44. The first-order chi connectivity index (χ1) is 6.30. The van der Waals surface area contributed by atoms with Crippen molar-refractivity contribution in [1.82, 2.24) is 9.78 Å². The maximum atomic E-state index is 9.06. The van der Waals surface area contributed by atoms with Gasteiger partial charge in [0.15, 0.2) is 0 Å². The van der Waals surface area contributed by atoms with E-state index in [4.69, 9.17) is 5.26 Å². The minimum Gasteiger partial charge on any atom is -0.249 e. The molecule has 0 aromatic carbocycles. The van der Waals surface area contributed by atoms with E-state index >= 15 is 0 Å². The van der Waals surface area contributed by atoms with Gasteiger partial charge in [0.25, 0.3) is 0 Å². The quantitative estimate of drug-likeness (QED) is 0.685. The molecule has 3 nitrogen and oxygen atoms in total. The van der Waals surface area contributed by atoms with Crippen molar-refractivity contribution in [3.8, 4) is 6.07 Å². The monoisotopic (exact) mass is 173 g/mol. The average molecular weight is 173 g/mol. The molecular weight excluding hydrogens is 162 g/mol. The Morgan fingerprint density at radius 1 is 1.69 bits per heavy atom. The van der Waals surface area contributed by atoms with Crippen LogP contribution in [0.25, 0.3) is 6.20 Å². The fraction of sp³-hybridized carbons (Fsp3) is 0.400. The summed E-state index contributed by atoms with van der Waals surface area (Å²) in [4.78, 5) is 0. The average Bonchev–Trinajstić information content (AvgIpc) is 2.52. The van der Waals surface area contributed by atoms with Crippen molar-refractivity contribution in [3.63, 3.8) is 0 Å². The van der Waals surface area contributed by atoms with E-state index in [-0.39, 0.29) is 5.41 Å². The molecule has 1 fully saturated rings. The molecule has 1 aliphatic rings. The maximum Gasteiger partial charge on any atom is 0.0853 e. The molecular formula is C10H11N3. The molecule has 0 radical (unpaired) electrons. The van der Waals surface area contributed by atoms with Crippen molar-refractivity contribution < 1.29 is 0 Å². The Labute approximate surface area is 77.3 Å². The lowest BCUT2D eigenvalue weighted by atomic mass is 9.66. The molecule has 1 heterocycles. The van der Waals surface area contributed by atoms with Crippen LogP contribution in [-0.2, 0) is 5.41 Å². The van der Waals surface area contributed by atoms with E-state index in [1.807, 2.05) is 6.20 Å². The third-order valence-electron chi connectivity index (χ3n) is 2.76. The van der Waals surface area contributed by atoms with Gasteiger partial charge >= 0.3 is 0 Å². The SMILES string of the molecule is C=Cn1cc(C2(C#N)CCC2)cn1. The van der Waals surface area contributed by atoms with Gasteiger partial charge in [0, 0.05) is 18.0 Å². The molecule has 1 aromatic heterocycles. The Hall–Kier alpha value is -1.56. The summed E-state index contributed by atoms with van der Waals surface area (Å²) in [7, 11) is 0. The molecule has 1 saturated carbocycles. The Morgan fingerprint density at radius 2 is 2.46 bits per heavy atom. The maximum absolute atomic E-state index is 9.06. The summed E-state index contributed by atoms with van der Waals surface area (Å²) in [5, 5.41) is 13.1. The fourth-order valence-electron chi connectivity index (χ4n) is 1.68. The van der Waals surface area contributed by atoms with E-state index < -0.39 is 0 Å². The number of rotatable bonds is 2. The summed E-state index contributed by atoms with van der Waals surface area (Å²) in [6.45, 7) is 3.61. The highest BCUT2D eigenvalue weighted by molar-refractivity contribution is 5.33. The van der Waals surface area contributed by atoms with Gasteiger partial charge in [0.1, 0.15) is 0 Å². The highest BCUT2D eigenvalue weighted by Crippen LogP contribution is 2.42. The molecule has 1 aromatic rings. The van der Waals surface area contributed by atoms with Crippen LogP contribution >= 0.6 is 0 Å². The van der Waals surface area contributed by atoms with E-state index in [9.17, 15) is 0 Å². The van der Waals surface area contributed by atoms with E-state index in [0.717, 1.165) is 24.8 Å². The summed E-state index contributed by atoms with van der Waals surface area (Å²) in [6, 6.07) is 2.38. The molecule has 0 aliphatic heterocycles. The molecule has 0 N–H and O–H groups in total. The van der Waals surface area contributed by atoms with Crippen LogP contribution in [0.15, 0.2) is 19.0 Å². The number of hydrogen-bond donors (Lipinski definition) is 0. The first kappa shape index (κ1) is 8.06. The molecule has 66 valence electrons. The zero-order valence-electron chi connectivity index (χ0n) is 7.40. The Bertz CT molecular complexity index is 366. The minimum atomic E-state index is -0.249. The van der Waals surface area contributed by atoms with Crippen LogP contribution in [0.1, 0.15) is 24.8 Å². The molecule has 0 amide bonds. The number of hydrogen-bond acceptors (Lipinski definition) is 2. The standard InChI is InChI=1S/C10H11N3/c1-2-13-7-9(6-12-13)10(8-11)4-3-5-10/h2,6-7H,1,3-5H2. The van der Waals surface area contributed by atoms with Crippen molar-refractivity contribution in [2.24, 2.45) is 0 Å².